The van der Waals surface area contributed by atoms with E-state index < -0.39 is 71.5 Å². The second-order valence-corrected chi connectivity index (χ2v) is 7.25. The third-order valence-electron chi connectivity index (χ3n) is 5.06. The predicted molar refractivity (Wildman–Crippen MR) is 106 cm³/mol. The van der Waals surface area contributed by atoms with Gasteiger partial charge in [-0.05, 0) is 6.07 Å². The van der Waals surface area contributed by atoms with Gasteiger partial charge in [0.15, 0.2) is 5.82 Å². The number of carbonyl (C=O) groups is 2. The zero-order valence-electron chi connectivity index (χ0n) is 17.2. The fraction of sp³-hybridized carbons (Fsp3) is 0.300. The lowest BCUT2D eigenvalue weighted by Crippen LogP contribution is -2.39. The van der Waals surface area contributed by atoms with Gasteiger partial charge in [-0.1, -0.05) is 6.92 Å². The van der Waals surface area contributed by atoms with Crippen LogP contribution in [0.15, 0.2) is 37.3 Å². The van der Waals surface area contributed by atoms with Crippen molar-refractivity contribution in [2.24, 2.45) is 0 Å². The Morgan fingerprint density at radius 3 is 2.52 bits per heavy atom. The molecule has 0 aliphatic heterocycles. The molecule has 0 radical (unpaired) electrons. The standard InChI is InChI=1S/C20H19F3N6O4/c1-11(19-15(23)6-24-8-26-19)20(33,7-29-10-25-9-27-29)12-4-16(14(22)5-13(12)21)28-17(30)2-3-18(31)32/h4-6,8-11,33H,2-3,7H2,1H3,(H,28,30)(H,31,32)/t11?,20-/m1/s1. The van der Waals surface area contributed by atoms with Crippen molar-refractivity contribution in [3.8, 4) is 0 Å². The molecule has 0 saturated carbocycles. The minimum atomic E-state index is -2.23. The van der Waals surface area contributed by atoms with Gasteiger partial charge in [-0.25, -0.2) is 32.8 Å². The van der Waals surface area contributed by atoms with Gasteiger partial charge in [0.1, 0.15) is 36.2 Å². The summed E-state index contributed by atoms with van der Waals surface area (Å²) in [7, 11) is 0. The smallest absolute Gasteiger partial charge is 0.303 e. The zero-order chi connectivity index (χ0) is 24.2. The Bertz CT molecular complexity index is 1160. The fourth-order valence-corrected chi connectivity index (χ4v) is 3.29. The third kappa shape index (κ3) is 5.31. The number of carboxylic acids is 1. The normalized spacial score (nSPS) is 13.8. The van der Waals surface area contributed by atoms with Gasteiger partial charge in [-0.3, -0.25) is 9.59 Å². The fourth-order valence-electron chi connectivity index (χ4n) is 3.29. The Kier molecular flexibility index (Phi) is 7.01. The highest BCUT2D eigenvalue weighted by Gasteiger charge is 2.42. The molecule has 2 heterocycles. The van der Waals surface area contributed by atoms with Crippen molar-refractivity contribution < 1.29 is 33.0 Å². The first-order valence-corrected chi connectivity index (χ1v) is 9.63. The van der Waals surface area contributed by atoms with Gasteiger partial charge in [0.25, 0.3) is 0 Å². The van der Waals surface area contributed by atoms with E-state index in [0.29, 0.717) is 6.07 Å². The van der Waals surface area contributed by atoms with Crippen LogP contribution in [0.5, 0.6) is 0 Å². The molecule has 1 amide bonds. The second kappa shape index (κ2) is 9.73. The maximum atomic E-state index is 15.0. The summed E-state index contributed by atoms with van der Waals surface area (Å²) in [5, 5.41) is 26.4. The molecule has 2 aromatic heterocycles. The summed E-state index contributed by atoms with van der Waals surface area (Å²) in [4.78, 5) is 33.8. The van der Waals surface area contributed by atoms with Gasteiger partial charge in [0, 0.05) is 24.0 Å². The van der Waals surface area contributed by atoms with Gasteiger partial charge in [0.05, 0.1) is 30.5 Å². The molecule has 33 heavy (non-hydrogen) atoms. The molecule has 13 heteroatoms. The van der Waals surface area contributed by atoms with E-state index in [1.807, 2.05) is 0 Å². The number of nitrogens with zero attached hydrogens (tertiary/aromatic N) is 5. The number of carbonyl (C=O) groups excluding carboxylic acids is 1. The van der Waals surface area contributed by atoms with Crippen LogP contribution in [0.4, 0.5) is 18.9 Å². The highest BCUT2D eigenvalue weighted by atomic mass is 19.1. The molecule has 10 nitrogen and oxygen atoms in total. The molecule has 1 unspecified atom stereocenters. The van der Waals surface area contributed by atoms with E-state index in [0.717, 1.165) is 18.6 Å². The van der Waals surface area contributed by atoms with Crippen LogP contribution in [-0.2, 0) is 21.7 Å². The molecule has 174 valence electrons. The molecule has 0 spiro atoms. The Labute approximate surface area is 185 Å². The number of hydrogen-bond donors (Lipinski definition) is 3. The number of rotatable bonds is 9. The van der Waals surface area contributed by atoms with Crippen molar-refractivity contribution in [2.75, 3.05) is 5.32 Å². The molecule has 3 N–H and O–H groups in total. The van der Waals surface area contributed by atoms with Crippen LogP contribution >= 0.6 is 0 Å². The highest BCUT2D eigenvalue weighted by Crippen LogP contribution is 2.40. The Morgan fingerprint density at radius 1 is 1.12 bits per heavy atom. The van der Waals surface area contributed by atoms with Crippen LogP contribution in [0.1, 0.15) is 36.9 Å². The SMILES string of the molecule is CC(c1ncncc1F)[C@](O)(Cn1cncn1)c1cc(NC(=O)CCC(=O)O)c(F)cc1F. The number of aliphatic hydroxyl groups is 1. The summed E-state index contributed by atoms with van der Waals surface area (Å²) in [6.07, 6.45) is 3.40. The third-order valence-corrected chi connectivity index (χ3v) is 5.06. The Balaban J connectivity index is 2.07. The van der Waals surface area contributed by atoms with Gasteiger partial charge >= 0.3 is 5.97 Å². The van der Waals surface area contributed by atoms with Crippen molar-refractivity contribution in [2.45, 2.75) is 37.8 Å². The number of halogens is 3. The van der Waals surface area contributed by atoms with Gasteiger partial charge < -0.3 is 15.5 Å². The van der Waals surface area contributed by atoms with E-state index >= 15 is 0 Å². The van der Waals surface area contributed by atoms with Crippen LogP contribution in [0.25, 0.3) is 0 Å². The van der Waals surface area contributed by atoms with Crippen LogP contribution in [0, 0.1) is 17.5 Å². The number of carboxylic acid groups (broad SMARTS) is 1. The molecule has 3 rings (SSSR count). The predicted octanol–water partition coefficient (Wildman–Crippen LogP) is 1.98. The minimum Gasteiger partial charge on any atom is -0.481 e. The molecule has 2 atom stereocenters. The molecule has 3 aromatic rings. The second-order valence-electron chi connectivity index (χ2n) is 7.25. The molecule has 0 aliphatic carbocycles. The van der Waals surface area contributed by atoms with Gasteiger partial charge in [-0.15, -0.1) is 0 Å². The van der Waals surface area contributed by atoms with Crippen LogP contribution in [0.2, 0.25) is 0 Å². The molecular weight excluding hydrogens is 445 g/mol. The quantitative estimate of drug-likeness (QED) is 0.436. The molecule has 0 bridgehead atoms. The molecular formula is C20H19F3N6O4. The first-order chi connectivity index (χ1) is 15.6. The van der Waals surface area contributed by atoms with E-state index in [-0.39, 0.29) is 5.69 Å². The number of benzene rings is 1. The van der Waals surface area contributed by atoms with E-state index in [1.165, 1.54) is 24.3 Å². The number of hydrogen-bond acceptors (Lipinski definition) is 7. The van der Waals surface area contributed by atoms with Crippen molar-refractivity contribution in [3.05, 3.63) is 66.0 Å². The van der Waals surface area contributed by atoms with E-state index in [2.05, 4.69) is 25.4 Å². The summed E-state index contributed by atoms with van der Waals surface area (Å²) < 4.78 is 44.9. The Morgan fingerprint density at radius 2 is 1.88 bits per heavy atom. The topological polar surface area (TPSA) is 143 Å². The largest absolute Gasteiger partial charge is 0.481 e. The van der Waals surface area contributed by atoms with Crippen molar-refractivity contribution >= 4 is 17.6 Å². The number of aromatic nitrogens is 5. The van der Waals surface area contributed by atoms with E-state index in [1.54, 1.807) is 0 Å². The average Bonchev–Trinajstić information content (AvgIpc) is 3.26. The summed E-state index contributed by atoms with van der Waals surface area (Å²) in [5.41, 5.74) is -3.43. The monoisotopic (exact) mass is 464 g/mol. The summed E-state index contributed by atoms with van der Waals surface area (Å²) >= 11 is 0. The van der Waals surface area contributed by atoms with E-state index in [9.17, 15) is 27.9 Å². The first-order valence-electron chi connectivity index (χ1n) is 9.63. The highest BCUT2D eigenvalue weighted by molar-refractivity contribution is 5.92. The first kappa shape index (κ1) is 23.8. The van der Waals surface area contributed by atoms with Crippen LogP contribution < -0.4 is 5.32 Å². The summed E-state index contributed by atoms with van der Waals surface area (Å²) in [6.45, 7) is 0.961. The molecule has 0 saturated heterocycles. The van der Waals surface area contributed by atoms with Crippen molar-refractivity contribution in [1.29, 1.82) is 0 Å². The molecule has 0 fully saturated rings. The maximum Gasteiger partial charge on any atom is 0.303 e. The summed E-state index contributed by atoms with van der Waals surface area (Å²) in [5.74, 6) is -6.42. The zero-order valence-corrected chi connectivity index (χ0v) is 17.2. The molecule has 1 aromatic carbocycles. The van der Waals surface area contributed by atoms with Crippen LogP contribution in [-0.4, -0.2) is 46.8 Å². The van der Waals surface area contributed by atoms with Crippen molar-refractivity contribution in [3.63, 3.8) is 0 Å². The average molecular weight is 464 g/mol. The maximum absolute atomic E-state index is 15.0. The van der Waals surface area contributed by atoms with Gasteiger partial charge in [-0.2, -0.15) is 5.10 Å². The number of nitrogens with one attached hydrogen (secondary N) is 1. The van der Waals surface area contributed by atoms with E-state index in [4.69, 9.17) is 5.11 Å². The Hall–Kier alpha value is -3.87. The lowest BCUT2D eigenvalue weighted by molar-refractivity contribution is -0.138. The van der Waals surface area contributed by atoms with Crippen LogP contribution in [0.3, 0.4) is 0 Å². The van der Waals surface area contributed by atoms with Gasteiger partial charge in [0.2, 0.25) is 5.91 Å². The minimum absolute atomic E-state index is 0.233. The number of amides is 1. The summed E-state index contributed by atoms with van der Waals surface area (Å²) in [6, 6.07) is 1.33. The number of anilines is 1. The lowest BCUT2D eigenvalue weighted by Gasteiger charge is -2.34. The molecule has 0 aliphatic rings. The lowest BCUT2D eigenvalue weighted by atomic mass is 9.79. The van der Waals surface area contributed by atoms with Crippen molar-refractivity contribution in [1.82, 2.24) is 24.7 Å². The number of aliphatic carboxylic acids is 1.